The predicted octanol–water partition coefficient (Wildman–Crippen LogP) is 1.70. The van der Waals surface area contributed by atoms with Crippen molar-refractivity contribution in [2.45, 2.75) is 52.0 Å². The number of ether oxygens (including phenoxy) is 1. The molecule has 0 aromatic carbocycles. The maximum atomic E-state index is 12.1. The van der Waals surface area contributed by atoms with E-state index in [4.69, 9.17) is 4.74 Å². The first-order chi connectivity index (χ1) is 8.40. The average molecular weight is 256 g/mol. The normalized spacial score (nSPS) is 19.6. The van der Waals surface area contributed by atoms with Crippen LogP contribution >= 0.6 is 0 Å². The molecular weight excluding hydrogens is 228 g/mol. The maximum absolute atomic E-state index is 12.1. The first-order valence-corrected chi connectivity index (χ1v) is 6.95. The van der Waals surface area contributed by atoms with E-state index in [-0.39, 0.29) is 5.91 Å². The largest absolute Gasteiger partial charge is 0.381 e. The minimum atomic E-state index is -0.412. The summed E-state index contributed by atoms with van der Waals surface area (Å²) in [6, 6.07) is 0. The van der Waals surface area contributed by atoms with Gasteiger partial charge < -0.3 is 15.4 Å². The molecule has 2 N–H and O–H groups in total. The van der Waals surface area contributed by atoms with Crippen LogP contribution < -0.4 is 10.6 Å². The van der Waals surface area contributed by atoms with Crippen LogP contribution in [0.25, 0.3) is 0 Å². The molecule has 0 aromatic rings. The van der Waals surface area contributed by atoms with Crippen molar-refractivity contribution < 1.29 is 9.53 Å². The molecule has 0 unspecified atom stereocenters. The Kier molecular flexibility index (Phi) is 5.60. The van der Waals surface area contributed by atoms with Gasteiger partial charge in [-0.1, -0.05) is 20.8 Å². The fourth-order valence-electron chi connectivity index (χ4n) is 2.39. The topological polar surface area (TPSA) is 50.4 Å². The van der Waals surface area contributed by atoms with Crippen LogP contribution in [0.15, 0.2) is 0 Å². The van der Waals surface area contributed by atoms with Crippen LogP contribution in [0.4, 0.5) is 0 Å². The van der Waals surface area contributed by atoms with E-state index in [0.29, 0.717) is 18.6 Å². The highest BCUT2D eigenvalue weighted by Crippen LogP contribution is 2.23. The van der Waals surface area contributed by atoms with Crippen LogP contribution in [0.2, 0.25) is 0 Å². The lowest BCUT2D eigenvalue weighted by Crippen LogP contribution is -2.59. The monoisotopic (exact) mass is 256 g/mol. The number of hydrogen-bond donors (Lipinski definition) is 2. The van der Waals surface area contributed by atoms with Gasteiger partial charge in [-0.3, -0.25) is 4.79 Å². The zero-order valence-electron chi connectivity index (χ0n) is 12.3. The molecule has 0 atom stereocenters. The predicted molar refractivity (Wildman–Crippen MR) is 73.5 cm³/mol. The lowest BCUT2D eigenvalue weighted by atomic mass is 9.87. The van der Waals surface area contributed by atoms with Gasteiger partial charge >= 0.3 is 0 Å². The highest BCUT2D eigenvalue weighted by Gasteiger charge is 2.38. The molecule has 0 saturated carbocycles. The van der Waals surface area contributed by atoms with Crippen molar-refractivity contribution in [3.8, 4) is 0 Å². The zero-order chi connectivity index (χ0) is 13.6. The molecule has 1 fully saturated rings. The number of carbonyl (C=O) groups is 1. The Morgan fingerprint density at radius 1 is 1.28 bits per heavy atom. The van der Waals surface area contributed by atoms with Crippen molar-refractivity contribution in [3.63, 3.8) is 0 Å². The molecule has 18 heavy (non-hydrogen) atoms. The summed E-state index contributed by atoms with van der Waals surface area (Å²) in [4.78, 5) is 12.1. The summed E-state index contributed by atoms with van der Waals surface area (Å²) >= 11 is 0. The number of hydrogen-bond acceptors (Lipinski definition) is 3. The highest BCUT2D eigenvalue weighted by molar-refractivity contribution is 5.86. The van der Waals surface area contributed by atoms with Crippen molar-refractivity contribution in [1.29, 1.82) is 0 Å². The molecule has 0 aromatic heterocycles. The Morgan fingerprint density at radius 2 is 1.89 bits per heavy atom. The molecule has 1 aliphatic heterocycles. The maximum Gasteiger partial charge on any atom is 0.240 e. The van der Waals surface area contributed by atoms with Crippen molar-refractivity contribution >= 4 is 5.91 Å². The first kappa shape index (κ1) is 15.4. The SMILES string of the molecule is CNC(=O)C1(NCCCC(C)(C)C)CCOCC1. The van der Waals surface area contributed by atoms with Crippen molar-refractivity contribution in [3.05, 3.63) is 0 Å². The van der Waals surface area contributed by atoms with Crippen LogP contribution in [-0.4, -0.2) is 38.3 Å². The summed E-state index contributed by atoms with van der Waals surface area (Å²) in [5.74, 6) is 0.0987. The number of rotatable bonds is 5. The van der Waals surface area contributed by atoms with Crippen molar-refractivity contribution in [1.82, 2.24) is 10.6 Å². The van der Waals surface area contributed by atoms with Gasteiger partial charge in [0, 0.05) is 20.3 Å². The summed E-state index contributed by atoms with van der Waals surface area (Å²) in [5, 5.41) is 6.24. The summed E-state index contributed by atoms with van der Waals surface area (Å²) < 4.78 is 5.36. The van der Waals surface area contributed by atoms with E-state index in [0.717, 1.165) is 25.8 Å². The summed E-state index contributed by atoms with van der Waals surface area (Å²) in [7, 11) is 1.70. The van der Waals surface area contributed by atoms with Crippen molar-refractivity contribution in [2.75, 3.05) is 26.8 Å². The van der Waals surface area contributed by atoms with E-state index in [1.54, 1.807) is 7.05 Å². The third-order valence-electron chi connectivity index (χ3n) is 3.58. The molecule has 0 bridgehead atoms. The van der Waals surface area contributed by atoms with E-state index in [1.165, 1.54) is 6.42 Å². The number of likely N-dealkylation sites (N-methyl/N-ethyl adjacent to an activating group) is 1. The number of nitrogens with one attached hydrogen (secondary N) is 2. The molecule has 1 heterocycles. The summed E-state index contributed by atoms with van der Waals surface area (Å²) in [5.41, 5.74) is -0.0532. The van der Waals surface area contributed by atoms with E-state index in [1.807, 2.05) is 0 Å². The van der Waals surface area contributed by atoms with E-state index in [9.17, 15) is 4.79 Å². The van der Waals surface area contributed by atoms with Gasteiger partial charge in [0.05, 0.1) is 0 Å². The van der Waals surface area contributed by atoms with E-state index in [2.05, 4.69) is 31.4 Å². The molecule has 0 spiro atoms. The smallest absolute Gasteiger partial charge is 0.240 e. The summed E-state index contributed by atoms with van der Waals surface area (Å²) in [6.07, 6.45) is 3.80. The Bertz CT molecular complexity index is 265. The minimum Gasteiger partial charge on any atom is -0.381 e. The fourth-order valence-corrected chi connectivity index (χ4v) is 2.39. The second-order valence-electron chi connectivity index (χ2n) is 6.36. The Balaban J connectivity index is 2.45. The van der Waals surface area contributed by atoms with Crippen LogP contribution in [0, 0.1) is 5.41 Å². The highest BCUT2D eigenvalue weighted by atomic mass is 16.5. The van der Waals surface area contributed by atoms with Gasteiger partial charge in [0.15, 0.2) is 0 Å². The van der Waals surface area contributed by atoms with Gasteiger partial charge in [0.1, 0.15) is 5.54 Å². The molecular formula is C14H28N2O2. The molecule has 4 nitrogen and oxygen atoms in total. The molecule has 1 saturated heterocycles. The first-order valence-electron chi connectivity index (χ1n) is 6.95. The van der Waals surface area contributed by atoms with Crippen molar-refractivity contribution in [2.24, 2.45) is 5.41 Å². The molecule has 0 radical (unpaired) electrons. The molecule has 1 aliphatic rings. The lowest BCUT2D eigenvalue weighted by molar-refractivity contribution is -0.131. The van der Waals surface area contributed by atoms with Gasteiger partial charge in [-0.25, -0.2) is 0 Å². The zero-order valence-corrected chi connectivity index (χ0v) is 12.3. The standard InChI is InChI=1S/C14H28N2O2/c1-13(2,3)6-5-9-16-14(12(17)15-4)7-10-18-11-8-14/h16H,5-11H2,1-4H3,(H,15,17). The molecule has 4 heteroatoms. The molecule has 1 rings (SSSR count). The Morgan fingerprint density at radius 3 is 2.39 bits per heavy atom. The average Bonchev–Trinajstić information content (AvgIpc) is 2.34. The van der Waals surface area contributed by atoms with Gasteiger partial charge in [0.25, 0.3) is 0 Å². The quantitative estimate of drug-likeness (QED) is 0.736. The number of amides is 1. The Labute approximate surface area is 111 Å². The third-order valence-corrected chi connectivity index (χ3v) is 3.58. The minimum absolute atomic E-state index is 0.0987. The number of carbonyl (C=O) groups excluding carboxylic acids is 1. The molecule has 106 valence electrons. The van der Waals surface area contributed by atoms with Gasteiger partial charge in [-0.05, 0) is 37.6 Å². The van der Waals surface area contributed by atoms with Crippen LogP contribution in [-0.2, 0) is 9.53 Å². The van der Waals surface area contributed by atoms with Crippen LogP contribution in [0.3, 0.4) is 0 Å². The third kappa shape index (κ3) is 4.58. The van der Waals surface area contributed by atoms with E-state index < -0.39 is 5.54 Å². The van der Waals surface area contributed by atoms with Gasteiger partial charge in [-0.15, -0.1) is 0 Å². The van der Waals surface area contributed by atoms with Crippen LogP contribution in [0.1, 0.15) is 46.5 Å². The second kappa shape index (κ2) is 6.53. The molecule has 1 amide bonds. The Hall–Kier alpha value is -0.610. The van der Waals surface area contributed by atoms with Crippen LogP contribution in [0.5, 0.6) is 0 Å². The molecule has 0 aliphatic carbocycles. The summed E-state index contributed by atoms with van der Waals surface area (Å²) in [6.45, 7) is 8.96. The lowest BCUT2D eigenvalue weighted by Gasteiger charge is -2.36. The van der Waals surface area contributed by atoms with Gasteiger partial charge in [-0.2, -0.15) is 0 Å². The fraction of sp³-hybridized carbons (Fsp3) is 0.929. The van der Waals surface area contributed by atoms with Gasteiger partial charge in [0.2, 0.25) is 5.91 Å². The second-order valence-corrected chi connectivity index (χ2v) is 6.36. The van der Waals surface area contributed by atoms with E-state index >= 15 is 0 Å².